The molecule has 0 radical (unpaired) electrons. The summed E-state index contributed by atoms with van der Waals surface area (Å²) >= 11 is 5.37. The van der Waals surface area contributed by atoms with E-state index in [-0.39, 0.29) is 10.8 Å². The summed E-state index contributed by atoms with van der Waals surface area (Å²) in [6, 6.07) is 1.18. The van der Waals surface area contributed by atoms with Gasteiger partial charge in [0.05, 0.1) is 0 Å². The van der Waals surface area contributed by atoms with Crippen LogP contribution in [0.15, 0.2) is 12.4 Å². The van der Waals surface area contributed by atoms with Crippen LogP contribution < -0.4 is 0 Å². The highest BCUT2D eigenvalue weighted by Crippen LogP contribution is 2.03. The van der Waals surface area contributed by atoms with Gasteiger partial charge in [0.15, 0.2) is 5.69 Å². The molecule has 52 valence electrons. The average Bonchev–Trinajstić information content (AvgIpc) is 1.88. The van der Waals surface area contributed by atoms with E-state index in [1.54, 1.807) is 0 Å². The smallest absolute Gasteiger partial charge is 0.354 e. The molecule has 4 nitrogen and oxygen atoms in total. The largest absolute Gasteiger partial charge is 0.477 e. The summed E-state index contributed by atoms with van der Waals surface area (Å²) in [6.45, 7) is 0. The van der Waals surface area contributed by atoms with Crippen molar-refractivity contribution in [2.75, 3.05) is 0 Å². The van der Waals surface area contributed by atoms with Crippen LogP contribution in [0.25, 0.3) is 0 Å². The average molecular weight is 159 g/mol. The van der Waals surface area contributed by atoms with Crippen molar-refractivity contribution in [1.82, 2.24) is 9.97 Å². The van der Waals surface area contributed by atoms with Crippen LogP contribution in [0.3, 0.4) is 0 Å². The van der Waals surface area contributed by atoms with E-state index < -0.39 is 5.97 Å². The number of aromatic nitrogens is 2. The Bertz CT molecular complexity index is 264. The molecule has 1 rings (SSSR count). The molecule has 1 aromatic rings. The van der Waals surface area contributed by atoms with E-state index in [0.717, 1.165) is 6.33 Å². The Balaban J connectivity index is 3.07. The van der Waals surface area contributed by atoms with Gasteiger partial charge in [-0.05, 0) is 0 Å². The molecule has 0 fully saturated rings. The monoisotopic (exact) mass is 158 g/mol. The second kappa shape index (κ2) is 2.62. The van der Waals surface area contributed by atoms with Gasteiger partial charge in [0, 0.05) is 6.07 Å². The Morgan fingerprint density at radius 1 is 1.60 bits per heavy atom. The lowest BCUT2D eigenvalue weighted by Crippen LogP contribution is -1.99. The summed E-state index contributed by atoms with van der Waals surface area (Å²) in [4.78, 5) is 17.2. The minimum absolute atomic E-state index is 0.0972. The number of nitrogens with zero attached hydrogens (tertiary/aromatic N) is 2. The number of halogens is 1. The molecule has 0 bridgehead atoms. The van der Waals surface area contributed by atoms with Gasteiger partial charge in [-0.25, -0.2) is 14.8 Å². The molecule has 1 heterocycles. The molecule has 0 aliphatic rings. The Hall–Kier alpha value is -1.16. The molecule has 0 saturated heterocycles. The Labute approximate surface area is 61.5 Å². The molecule has 1 N–H and O–H groups in total. The van der Waals surface area contributed by atoms with E-state index in [1.807, 2.05) is 0 Å². The van der Waals surface area contributed by atoms with Gasteiger partial charge in [0.25, 0.3) is 0 Å². The minimum atomic E-state index is -1.11. The molecule has 1 aromatic heterocycles. The van der Waals surface area contributed by atoms with Crippen molar-refractivity contribution in [2.24, 2.45) is 0 Å². The summed E-state index contributed by atoms with van der Waals surface area (Å²) in [5.41, 5.74) is -0.0972. The molecule has 0 amide bonds. The maximum atomic E-state index is 10.2. The van der Waals surface area contributed by atoms with Crippen LogP contribution in [-0.4, -0.2) is 21.0 Å². The first kappa shape index (κ1) is 6.95. The number of carboxylic acid groups (broad SMARTS) is 1. The summed E-state index contributed by atoms with van der Waals surface area (Å²) in [7, 11) is 0. The summed E-state index contributed by atoms with van der Waals surface area (Å²) in [5, 5.41) is 8.49. The molecule has 0 spiro atoms. The molecular weight excluding hydrogens is 156 g/mol. The van der Waals surface area contributed by atoms with Crippen molar-refractivity contribution in [3.8, 4) is 0 Å². The molecule has 0 saturated carbocycles. The standard InChI is InChI=1S/C5H3ClN2O2/c6-4-1-3(5(9)10)7-2-8-4/h1-2H,(H,9,10). The lowest BCUT2D eigenvalue weighted by molar-refractivity contribution is 0.0690. The van der Waals surface area contributed by atoms with Gasteiger partial charge in [0.2, 0.25) is 0 Å². The molecule has 0 atom stereocenters. The number of carboxylic acids is 1. The summed E-state index contributed by atoms with van der Waals surface area (Å²) in [6.07, 6.45) is 1.10. The van der Waals surface area contributed by atoms with Gasteiger partial charge in [-0.15, -0.1) is 0 Å². The number of aromatic carboxylic acids is 1. The van der Waals surface area contributed by atoms with E-state index in [0.29, 0.717) is 0 Å². The molecular formula is C5H3ClN2O2. The van der Waals surface area contributed by atoms with E-state index in [9.17, 15) is 4.79 Å². The first-order chi connectivity index (χ1) is 4.70. The molecule has 0 aliphatic carbocycles. The third-order valence-electron chi connectivity index (χ3n) is 0.853. The first-order valence-corrected chi connectivity index (χ1v) is 2.79. The van der Waals surface area contributed by atoms with Gasteiger partial charge in [0.1, 0.15) is 11.5 Å². The van der Waals surface area contributed by atoms with Crippen molar-refractivity contribution in [2.45, 2.75) is 0 Å². The lowest BCUT2D eigenvalue weighted by atomic mass is 10.4. The van der Waals surface area contributed by atoms with Gasteiger partial charge in [-0.1, -0.05) is 11.6 Å². The van der Waals surface area contributed by atoms with E-state index >= 15 is 0 Å². The number of rotatable bonds is 1. The fourth-order valence-electron chi connectivity index (χ4n) is 0.451. The topological polar surface area (TPSA) is 63.1 Å². The fraction of sp³-hybridized carbons (Fsp3) is 0. The van der Waals surface area contributed by atoms with E-state index in [1.165, 1.54) is 6.07 Å². The van der Waals surface area contributed by atoms with Crippen molar-refractivity contribution in [1.29, 1.82) is 0 Å². The number of hydrogen-bond donors (Lipinski definition) is 1. The van der Waals surface area contributed by atoms with Crippen LogP contribution in [0.2, 0.25) is 5.15 Å². The molecule has 0 unspecified atom stereocenters. The van der Waals surface area contributed by atoms with Crippen molar-refractivity contribution in [3.63, 3.8) is 0 Å². The van der Waals surface area contributed by atoms with Crippen LogP contribution in [0.1, 0.15) is 10.5 Å². The Kier molecular flexibility index (Phi) is 1.82. The molecule has 0 aliphatic heterocycles. The third kappa shape index (κ3) is 1.41. The number of carbonyl (C=O) groups is 1. The van der Waals surface area contributed by atoms with Gasteiger partial charge in [-0.2, -0.15) is 0 Å². The maximum absolute atomic E-state index is 10.2. The van der Waals surface area contributed by atoms with Gasteiger partial charge < -0.3 is 5.11 Å². The zero-order valence-corrected chi connectivity index (χ0v) is 5.54. The van der Waals surface area contributed by atoms with Crippen LogP contribution >= 0.6 is 11.6 Å². The number of hydrogen-bond acceptors (Lipinski definition) is 3. The highest BCUT2D eigenvalue weighted by atomic mass is 35.5. The maximum Gasteiger partial charge on any atom is 0.354 e. The zero-order valence-electron chi connectivity index (χ0n) is 4.78. The predicted octanol–water partition coefficient (Wildman–Crippen LogP) is 0.828. The minimum Gasteiger partial charge on any atom is -0.477 e. The van der Waals surface area contributed by atoms with Gasteiger partial charge in [-0.3, -0.25) is 0 Å². The van der Waals surface area contributed by atoms with Crippen LogP contribution in [0.4, 0.5) is 0 Å². The second-order valence-corrected chi connectivity index (χ2v) is 1.92. The molecule has 0 aromatic carbocycles. The normalized spacial score (nSPS) is 9.30. The summed E-state index contributed by atoms with van der Waals surface area (Å²) < 4.78 is 0. The second-order valence-electron chi connectivity index (χ2n) is 1.53. The molecule has 10 heavy (non-hydrogen) atoms. The van der Waals surface area contributed by atoms with Crippen LogP contribution in [-0.2, 0) is 0 Å². The Morgan fingerprint density at radius 2 is 2.30 bits per heavy atom. The van der Waals surface area contributed by atoms with Crippen molar-refractivity contribution in [3.05, 3.63) is 23.2 Å². The zero-order chi connectivity index (χ0) is 7.56. The quantitative estimate of drug-likeness (QED) is 0.615. The van der Waals surface area contributed by atoms with Gasteiger partial charge >= 0.3 is 5.97 Å². The third-order valence-corrected chi connectivity index (χ3v) is 1.06. The lowest BCUT2D eigenvalue weighted by Gasteiger charge is -1.90. The highest BCUT2D eigenvalue weighted by molar-refractivity contribution is 6.29. The predicted molar refractivity (Wildman–Crippen MR) is 34.0 cm³/mol. The summed E-state index contributed by atoms with van der Waals surface area (Å²) in [5.74, 6) is -1.11. The van der Waals surface area contributed by atoms with E-state index in [2.05, 4.69) is 9.97 Å². The van der Waals surface area contributed by atoms with Crippen molar-refractivity contribution >= 4 is 17.6 Å². The van der Waals surface area contributed by atoms with Crippen LogP contribution in [0.5, 0.6) is 0 Å². The van der Waals surface area contributed by atoms with Crippen LogP contribution in [0, 0.1) is 0 Å². The fourth-order valence-corrected chi connectivity index (χ4v) is 0.598. The molecule has 5 heteroatoms. The SMILES string of the molecule is O=C(O)c1cc(Cl)ncn1. The van der Waals surface area contributed by atoms with Crippen molar-refractivity contribution < 1.29 is 9.90 Å². The highest BCUT2D eigenvalue weighted by Gasteiger charge is 2.03. The Morgan fingerprint density at radius 3 is 2.70 bits per heavy atom. The van der Waals surface area contributed by atoms with E-state index in [4.69, 9.17) is 16.7 Å². The first-order valence-electron chi connectivity index (χ1n) is 2.41.